The Balaban J connectivity index is 1.84. The van der Waals surface area contributed by atoms with Crippen molar-refractivity contribution in [3.63, 3.8) is 0 Å². The van der Waals surface area contributed by atoms with E-state index < -0.39 is 24.4 Å². The number of benzene rings is 1. The van der Waals surface area contributed by atoms with Gasteiger partial charge in [0.1, 0.15) is 0 Å². The maximum absolute atomic E-state index is 11.7. The Morgan fingerprint density at radius 3 is 2.50 bits per heavy atom. The molecule has 0 atom stereocenters. The number of nitrogens with one attached hydrogen (secondary N) is 1. The molecule has 0 saturated heterocycles. The van der Waals surface area contributed by atoms with Crippen molar-refractivity contribution in [1.29, 1.82) is 5.26 Å². The first-order chi connectivity index (χ1) is 10.6. The second-order valence-corrected chi connectivity index (χ2v) is 5.07. The molecule has 6 nitrogen and oxygen atoms in total. The molecule has 1 N–H and O–H groups in total. The van der Waals surface area contributed by atoms with Crippen LogP contribution >= 0.6 is 11.3 Å². The number of hydrogen-bond acceptors (Lipinski definition) is 6. The minimum absolute atomic E-state index is 0.219. The number of carbonyl (C=O) groups excluding carboxylic acids is 3. The van der Waals surface area contributed by atoms with Crippen LogP contribution in [0, 0.1) is 11.3 Å². The van der Waals surface area contributed by atoms with E-state index in [0.29, 0.717) is 10.4 Å². The fraction of sp³-hybridized carbons (Fsp3) is 0.0667. The second-order valence-electron chi connectivity index (χ2n) is 4.12. The predicted molar refractivity (Wildman–Crippen MR) is 78.2 cm³/mol. The van der Waals surface area contributed by atoms with Crippen LogP contribution in [0.2, 0.25) is 0 Å². The topological polar surface area (TPSA) is 96.3 Å². The fourth-order valence-electron chi connectivity index (χ4n) is 1.53. The molecule has 22 heavy (non-hydrogen) atoms. The third kappa shape index (κ3) is 4.01. The summed E-state index contributed by atoms with van der Waals surface area (Å²) in [5.74, 6) is -1.95. The van der Waals surface area contributed by atoms with E-state index in [1.807, 2.05) is 6.07 Å². The van der Waals surface area contributed by atoms with Gasteiger partial charge in [-0.3, -0.25) is 14.9 Å². The zero-order chi connectivity index (χ0) is 15.9. The van der Waals surface area contributed by atoms with Gasteiger partial charge in [0, 0.05) is 0 Å². The van der Waals surface area contributed by atoms with Crippen LogP contribution in [0.1, 0.15) is 25.6 Å². The van der Waals surface area contributed by atoms with Crippen LogP contribution in [-0.2, 0) is 9.53 Å². The van der Waals surface area contributed by atoms with Crippen molar-refractivity contribution >= 4 is 29.1 Å². The summed E-state index contributed by atoms with van der Waals surface area (Å²) in [7, 11) is 0. The Labute approximate surface area is 129 Å². The number of carbonyl (C=O) groups is 3. The van der Waals surface area contributed by atoms with Gasteiger partial charge in [0.2, 0.25) is 0 Å². The number of thiophene rings is 1. The van der Waals surface area contributed by atoms with Crippen molar-refractivity contribution in [3.05, 3.63) is 57.8 Å². The van der Waals surface area contributed by atoms with E-state index in [9.17, 15) is 14.4 Å². The maximum atomic E-state index is 11.7. The molecule has 0 aliphatic carbocycles. The van der Waals surface area contributed by atoms with E-state index in [0.717, 1.165) is 0 Å². The molecule has 0 spiro atoms. The predicted octanol–water partition coefficient (Wildman–Crippen LogP) is 1.73. The molecule has 0 radical (unpaired) electrons. The summed E-state index contributed by atoms with van der Waals surface area (Å²) in [5, 5.41) is 12.5. The lowest BCUT2D eigenvalue weighted by Crippen LogP contribution is -2.33. The van der Waals surface area contributed by atoms with E-state index in [2.05, 4.69) is 5.32 Å². The molecule has 0 aliphatic heterocycles. The van der Waals surface area contributed by atoms with Gasteiger partial charge < -0.3 is 4.74 Å². The van der Waals surface area contributed by atoms with Crippen LogP contribution in [0.3, 0.4) is 0 Å². The molecule has 0 unspecified atom stereocenters. The molecule has 1 heterocycles. The molecule has 1 aromatic heterocycles. The van der Waals surface area contributed by atoms with Crippen molar-refractivity contribution < 1.29 is 19.1 Å². The summed E-state index contributed by atoms with van der Waals surface area (Å²) < 4.78 is 4.80. The van der Waals surface area contributed by atoms with Crippen LogP contribution in [0.4, 0.5) is 0 Å². The minimum Gasteiger partial charge on any atom is -0.452 e. The third-order valence-electron chi connectivity index (χ3n) is 2.58. The van der Waals surface area contributed by atoms with Gasteiger partial charge in [-0.25, -0.2) is 4.79 Å². The van der Waals surface area contributed by atoms with Gasteiger partial charge in [0.05, 0.1) is 22.1 Å². The first-order valence-corrected chi connectivity index (χ1v) is 7.03. The van der Waals surface area contributed by atoms with Gasteiger partial charge in [0.25, 0.3) is 11.8 Å². The highest BCUT2D eigenvalue weighted by Crippen LogP contribution is 2.08. The Morgan fingerprint density at radius 1 is 1.18 bits per heavy atom. The van der Waals surface area contributed by atoms with Crippen LogP contribution in [0.15, 0.2) is 41.8 Å². The first kappa shape index (κ1) is 15.4. The van der Waals surface area contributed by atoms with E-state index in [-0.39, 0.29) is 5.56 Å². The lowest BCUT2D eigenvalue weighted by Gasteiger charge is -2.05. The standard InChI is InChI=1S/C15H10N2O4S/c16-8-10-3-5-11(6-4-10)15(20)21-9-13(18)17-14(19)12-2-1-7-22-12/h1-7H,9H2,(H,17,18,19). The van der Waals surface area contributed by atoms with Gasteiger partial charge in [-0.05, 0) is 35.7 Å². The summed E-state index contributed by atoms with van der Waals surface area (Å²) in [6.45, 7) is -0.560. The van der Waals surface area contributed by atoms with Crippen molar-refractivity contribution in [2.24, 2.45) is 0 Å². The molecule has 2 rings (SSSR count). The molecular formula is C15H10N2O4S. The summed E-state index contributed by atoms with van der Waals surface area (Å²) in [6, 6.07) is 11.0. The zero-order valence-corrected chi connectivity index (χ0v) is 12.1. The average molecular weight is 314 g/mol. The van der Waals surface area contributed by atoms with E-state index in [1.54, 1.807) is 17.5 Å². The van der Waals surface area contributed by atoms with E-state index >= 15 is 0 Å². The first-order valence-electron chi connectivity index (χ1n) is 6.15. The normalized spacial score (nSPS) is 9.59. The van der Waals surface area contributed by atoms with Gasteiger partial charge in [-0.15, -0.1) is 11.3 Å². The van der Waals surface area contributed by atoms with Gasteiger partial charge in [-0.1, -0.05) is 6.07 Å². The monoisotopic (exact) mass is 314 g/mol. The Bertz CT molecular complexity index is 730. The molecule has 2 amide bonds. The van der Waals surface area contributed by atoms with Gasteiger partial charge >= 0.3 is 5.97 Å². The molecule has 0 bridgehead atoms. The number of imide groups is 1. The maximum Gasteiger partial charge on any atom is 0.338 e. The second kappa shape index (κ2) is 7.15. The molecule has 0 fully saturated rings. The third-order valence-corrected chi connectivity index (χ3v) is 3.45. The number of nitrogens with zero attached hydrogens (tertiary/aromatic N) is 1. The highest BCUT2D eigenvalue weighted by molar-refractivity contribution is 7.12. The van der Waals surface area contributed by atoms with Crippen molar-refractivity contribution in [3.8, 4) is 6.07 Å². The van der Waals surface area contributed by atoms with Crippen LogP contribution in [0.5, 0.6) is 0 Å². The molecule has 1 aromatic carbocycles. The molecule has 0 saturated carbocycles. The lowest BCUT2D eigenvalue weighted by molar-refractivity contribution is -0.123. The number of amides is 2. The Hall–Kier alpha value is -2.98. The molecule has 2 aromatic rings. The smallest absolute Gasteiger partial charge is 0.338 e. The highest BCUT2D eigenvalue weighted by Gasteiger charge is 2.14. The summed E-state index contributed by atoms with van der Waals surface area (Å²) >= 11 is 1.20. The number of hydrogen-bond donors (Lipinski definition) is 1. The molecule has 7 heteroatoms. The number of ether oxygens (including phenoxy) is 1. The minimum atomic E-state index is -0.708. The average Bonchev–Trinajstić information content (AvgIpc) is 3.07. The summed E-state index contributed by atoms with van der Waals surface area (Å²) in [4.78, 5) is 35.2. The lowest BCUT2D eigenvalue weighted by atomic mass is 10.1. The van der Waals surface area contributed by atoms with E-state index in [4.69, 9.17) is 10.00 Å². The quantitative estimate of drug-likeness (QED) is 0.867. The van der Waals surface area contributed by atoms with Gasteiger partial charge in [0.15, 0.2) is 6.61 Å². The van der Waals surface area contributed by atoms with Gasteiger partial charge in [-0.2, -0.15) is 5.26 Å². The number of rotatable bonds is 4. The fourth-order valence-corrected chi connectivity index (χ4v) is 2.15. The van der Waals surface area contributed by atoms with Crippen molar-refractivity contribution in [2.75, 3.05) is 6.61 Å². The van der Waals surface area contributed by atoms with Crippen molar-refractivity contribution in [2.45, 2.75) is 0 Å². The van der Waals surface area contributed by atoms with Crippen molar-refractivity contribution in [1.82, 2.24) is 5.32 Å². The number of esters is 1. The summed E-state index contributed by atoms with van der Waals surface area (Å²) in [6.07, 6.45) is 0. The Kier molecular flexibility index (Phi) is 5.01. The Morgan fingerprint density at radius 2 is 1.91 bits per heavy atom. The highest BCUT2D eigenvalue weighted by atomic mass is 32.1. The SMILES string of the molecule is N#Cc1ccc(C(=O)OCC(=O)NC(=O)c2cccs2)cc1. The molecular weight excluding hydrogens is 304 g/mol. The molecule has 110 valence electrons. The number of nitriles is 1. The van der Waals surface area contributed by atoms with Crippen LogP contribution in [0.25, 0.3) is 0 Å². The largest absolute Gasteiger partial charge is 0.452 e. The van der Waals surface area contributed by atoms with Crippen LogP contribution in [-0.4, -0.2) is 24.4 Å². The van der Waals surface area contributed by atoms with E-state index in [1.165, 1.54) is 35.6 Å². The zero-order valence-electron chi connectivity index (χ0n) is 11.2. The van der Waals surface area contributed by atoms with Crippen LogP contribution < -0.4 is 5.32 Å². The molecule has 0 aliphatic rings. The summed E-state index contributed by atoms with van der Waals surface area (Å²) in [5.41, 5.74) is 0.632.